The lowest BCUT2D eigenvalue weighted by atomic mass is 9.64. The first kappa shape index (κ1) is 25.0. The third-order valence-corrected chi connectivity index (χ3v) is 8.36. The average molecular weight is 495 g/mol. The van der Waals surface area contributed by atoms with Gasteiger partial charge in [-0.05, 0) is 55.6 Å². The molecule has 0 aromatic heterocycles. The number of piperidine rings is 1. The van der Waals surface area contributed by atoms with Crippen LogP contribution in [0, 0.1) is 23.2 Å². The van der Waals surface area contributed by atoms with Gasteiger partial charge in [-0.3, -0.25) is 14.4 Å². The Bertz CT molecular complexity index is 1030. The molecule has 0 unspecified atom stereocenters. The van der Waals surface area contributed by atoms with Gasteiger partial charge in [0.2, 0.25) is 11.8 Å². The maximum atomic E-state index is 14.1. The summed E-state index contributed by atoms with van der Waals surface area (Å²) >= 11 is 0. The Balaban J connectivity index is 1.59. The van der Waals surface area contributed by atoms with Crippen molar-refractivity contribution < 1.29 is 23.9 Å². The number of carbonyl (C=O) groups excluding carboxylic acids is 3. The Labute approximate surface area is 213 Å². The highest BCUT2D eigenvalue weighted by molar-refractivity contribution is 5.93. The Morgan fingerprint density at radius 1 is 1.14 bits per heavy atom. The first-order valence-electron chi connectivity index (χ1n) is 13.4. The van der Waals surface area contributed by atoms with Gasteiger partial charge in [-0.25, -0.2) is 0 Å². The molecule has 1 aromatic carbocycles. The number of fused-ring (bicyclic) bond motifs is 1. The highest BCUT2D eigenvalue weighted by Crippen LogP contribution is 2.56. The molecule has 0 radical (unpaired) electrons. The van der Waals surface area contributed by atoms with E-state index in [1.54, 1.807) is 4.90 Å². The second-order valence-electron chi connectivity index (χ2n) is 11.2. The smallest absolute Gasteiger partial charge is 0.320 e. The van der Waals surface area contributed by atoms with Crippen LogP contribution in [0.15, 0.2) is 42.1 Å². The van der Waals surface area contributed by atoms with Crippen molar-refractivity contribution in [2.24, 2.45) is 23.2 Å². The van der Waals surface area contributed by atoms with E-state index in [-0.39, 0.29) is 54.7 Å². The SMILES string of the molecule is COC(=O)[C@]12C[C@H](CC(=O)N3CCCC3)C(=O)N(Cc3ccccc3)C1=C[C@H](C(C)C)O[C@@H]2C1CC1. The number of methoxy groups -OCH3 is 1. The zero-order valence-corrected chi connectivity index (χ0v) is 21.7. The molecule has 3 heterocycles. The maximum Gasteiger partial charge on any atom is 0.320 e. The molecule has 194 valence electrons. The fraction of sp³-hybridized carbons (Fsp3) is 0.621. The molecule has 4 atom stereocenters. The lowest BCUT2D eigenvalue weighted by Crippen LogP contribution is -2.61. The third kappa shape index (κ3) is 4.47. The van der Waals surface area contributed by atoms with Gasteiger partial charge < -0.3 is 19.3 Å². The molecule has 36 heavy (non-hydrogen) atoms. The molecular weight excluding hydrogens is 456 g/mol. The summed E-state index contributed by atoms with van der Waals surface area (Å²) in [5, 5.41) is 0. The van der Waals surface area contributed by atoms with Gasteiger partial charge in [0.05, 0.1) is 25.9 Å². The van der Waals surface area contributed by atoms with Gasteiger partial charge in [0.25, 0.3) is 0 Å². The molecule has 0 N–H and O–H groups in total. The molecule has 2 amide bonds. The molecule has 1 aromatic rings. The lowest BCUT2D eigenvalue weighted by Gasteiger charge is -2.53. The van der Waals surface area contributed by atoms with Crippen molar-refractivity contribution in [3.63, 3.8) is 0 Å². The van der Waals surface area contributed by atoms with E-state index in [1.807, 2.05) is 41.3 Å². The van der Waals surface area contributed by atoms with Crippen LogP contribution < -0.4 is 0 Å². The summed E-state index contributed by atoms with van der Waals surface area (Å²) in [6.45, 7) is 6.03. The molecule has 3 aliphatic heterocycles. The number of carbonyl (C=O) groups is 3. The zero-order chi connectivity index (χ0) is 25.4. The average Bonchev–Trinajstić information content (AvgIpc) is 3.57. The minimum atomic E-state index is -1.10. The van der Waals surface area contributed by atoms with Crippen molar-refractivity contribution in [2.75, 3.05) is 20.2 Å². The molecule has 7 nitrogen and oxygen atoms in total. The normalized spacial score (nSPS) is 30.3. The second-order valence-corrected chi connectivity index (χ2v) is 11.2. The predicted molar refractivity (Wildman–Crippen MR) is 134 cm³/mol. The van der Waals surface area contributed by atoms with Gasteiger partial charge in [-0.1, -0.05) is 44.2 Å². The minimum Gasteiger partial charge on any atom is -0.468 e. The predicted octanol–water partition coefficient (Wildman–Crippen LogP) is 3.92. The van der Waals surface area contributed by atoms with E-state index in [4.69, 9.17) is 9.47 Å². The van der Waals surface area contributed by atoms with E-state index in [9.17, 15) is 14.4 Å². The summed E-state index contributed by atoms with van der Waals surface area (Å²) in [4.78, 5) is 44.7. The Morgan fingerprint density at radius 3 is 2.44 bits per heavy atom. The molecule has 0 spiro atoms. The number of hydrogen-bond acceptors (Lipinski definition) is 5. The number of likely N-dealkylation sites (tertiary alicyclic amines) is 2. The number of ether oxygens (including phenoxy) is 2. The van der Waals surface area contributed by atoms with Gasteiger partial charge in [0, 0.05) is 31.1 Å². The van der Waals surface area contributed by atoms with Crippen molar-refractivity contribution in [1.29, 1.82) is 0 Å². The van der Waals surface area contributed by atoms with Crippen LogP contribution in [0.3, 0.4) is 0 Å². The summed E-state index contributed by atoms with van der Waals surface area (Å²) in [7, 11) is 1.41. The molecule has 0 bridgehead atoms. The van der Waals surface area contributed by atoms with E-state index in [0.717, 1.165) is 44.3 Å². The van der Waals surface area contributed by atoms with E-state index >= 15 is 0 Å². The van der Waals surface area contributed by atoms with E-state index in [2.05, 4.69) is 13.8 Å². The van der Waals surface area contributed by atoms with Gasteiger partial charge in [-0.15, -0.1) is 0 Å². The summed E-state index contributed by atoms with van der Waals surface area (Å²) < 4.78 is 12.1. The molecular formula is C29H38N2O5. The van der Waals surface area contributed by atoms with Crippen molar-refractivity contribution in [3.8, 4) is 0 Å². The summed E-state index contributed by atoms with van der Waals surface area (Å²) in [6.07, 6.45) is 5.76. The highest BCUT2D eigenvalue weighted by Gasteiger charge is 2.63. The van der Waals surface area contributed by atoms with Gasteiger partial charge in [0.15, 0.2) is 0 Å². The van der Waals surface area contributed by atoms with Crippen molar-refractivity contribution in [1.82, 2.24) is 9.80 Å². The van der Waals surface area contributed by atoms with Crippen molar-refractivity contribution >= 4 is 17.8 Å². The summed E-state index contributed by atoms with van der Waals surface area (Å²) in [6, 6.07) is 9.83. The standard InChI is InChI=1S/C29H38N2O5/c1-19(2)23-16-24-29(28(34)35-3,26(36-23)21-11-12-21)17-22(15-25(32)30-13-7-8-14-30)27(33)31(24)18-20-9-5-4-6-10-20/h4-6,9-10,16,19,21-23,26H,7-8,11-15,17-18H2,1-3H3/t22-,23+,26+,29+/m0/s1. The Morgan fingerprint density at radius 2 is 1.83 bits per heavy atom. The van der Waals surface area contributed by atoms with Crippen LogP contribution in [0.25, 0.3) is 0 Å². The minimum absolute atomic E-state index is 0.00212. The van der Waals surface area contributed by atoms with Crippen LogP contribution >= 0.6 is 0 Å². The van der Waals surface area contributed by atoms with E-state index in [0.29, 0.717) is 12.2 Å². The number of nitrogens with zero attached hydrogens (tertiary/aromatic N) is 2. The Hall–Kier alpha value is -2.67. The quantitative estimate of drug-likeness (QED) is 0.537. The first-order chi connectivity index (χ1) is 17.3. The van der Waals surface area contributed by atoms with Crippen molar-refractivity contribution in [3.05, 3.63) is 47.7 Å². The van der Waals surface area contributed by atoms with E-state index in [1.165, 1.54) is 7.11 Å². The first-order valence-corrected chi connectivity index (χ1v) is 13.4. The van der Waals surface area contributed by atoms with Crippen LogP contribution in [0.2, 0.25) is 0 Å². The molecule has 2 saturated heterocycles. The lowest BCUT2D eigenvalue weighted by molar-refractivity contribution is -0.182. The molecule has 7 heteroatoms. The van der Waals surface area contributed by atoms with E-state index < -0.39 is 11.3 Å². The number of hydrogen-bond donors (Lipinski definition) is 0. The Kier molecular flexibility index (Phi) is 6.95. The van der Waals surface area contributed by atoms with Crippen LogP contribution in [0.4, 0.5) is 0 Å². The van der Waals surface area contributed by atoms with Crippen LogP contribution in [0.1, 0.15) is 57.9 Å². The fourth-order valence-electron chi connectivity index (χ4n) is 6.28. The summed E-state index contributed by atoms with van der Waals surface area (Å²) in [5.41, 5.74) is 0.586. The largest absolute Gasteiger partial charge is 0.468 e. The fourth-order valence-corrected chi connectivity index (χ4v) is 6.28. The number of rotatable bonds is 7. The molecule has 3 fully saturated rings. The topological polar surface area (TPSA) is 76.2 Å². The number of amides is 2. The van der Waals surface area contributed by atoms with Gasteiger partial charge in [0.1, 0.15) is 5.41 Å². The number of benzene rings is 1. The summed E-state index contributed by atoms with van der Waals surface area (Å²) in [5.74, 6) is -0.613. The van der Waals surface area contributed by atoms with Crippen molar-refractivity contribution in [2.45, 2.75) is 71.1 Å². The van der Waals surface area contributed by atoms with Crippen LogP contribution in [-0.2, 0) is 30.4 Å². The molecule has 4 aliphatic rings. The van der Waals surface area contributed by atoms with Crippen LogP contribution in [-0.4, -0.2) is 60.0 Å². The van der Waals surface area contributed by atoms with Crippen LogP contribution in [0.5, 0.6) is 0 Å². The highest BCUT2D eigenvalue weighted by atomic mass is 16.5. The third-order valence-electron chi connectivity index (χ3n) is 8.36. The second kappa shape index (κ2) is 10.0. The monoisotopic (exact) mass is 494 g/mol. The molecule has 1 aliphatic carbocycles. The maximum absolute atomic E-state index is 14.1. The zero-order valence-electron chi connectivity index (χ0n) is 21.7. The molecule has 1 saturated carbocycles. The van der Waals surface area contributed by atoms with Gasteiger partial charge >= 0.3 is 5.97 Å². The number of esters is 1. The molecule has 5 rings (SSSR count). The van der Waals surface area contributed by atoms with Gasteiger partial charge in [-0.2, -0.15) is 0 Å².